The van der Waals surface area contributed by atoms with Crippen LogP contribution in [0, 0.1) is 0 Å². The molecule has 0 atom stereocenters. The highest BCUT2D eigenvalue weighted by molar-refractivity contribution is 7.80. The lowest BCUT2D eigenvalue weighted by Gasteiger charge is -2.33. The van der Waals surface area contributed by atoms with E-state index >= 15 is 0 Å². The van der Waals surface area contributed by atoms with Crippen LogP contribution in [0.15, 0.2) is 0 Å². The molecule has 0 radical (unpaired) electrons. The third-order valence-corrected chi connectivity index (χ3v) is 3.13. The van der Waals surface area contributed by atoms with Crippen LogP contribution in [0.4, 0.5) is 0 Å². The van der Waals surface area contributed by atoms with E-state index in [0.717, 1.165) is 25.0 Å². The molecule has 0 aromatic heterocycles. The predicted molar refractivity (Wildman–Crippen MR) is 60.7 cm³/mol. The van der Waals surface area contributed by atoms with Crippen LogP contribution in [0.25, 0.3) is 0 Å². The maximum Gasteiger partial charge on any atom is 0.306 e. The molecule has 0 bridgehead atoms. The van der Waals surface area contributed by atoms with Gasteiger partial charge in [-0.2, -0.15) is 12.6 Å². The van der Waals surface area contributed by atoms with Gasteiger partial charge in [-0.25, -0.2) is 0 Å². The first kappa shape index (κ1) is 11.9. The molecule has 1 rings (SSSR count). The van der Waals surface area contributed by atoms with E-state index < -0.39 is 0 Å². The van der Waals surface area contributed by atoms with Gasteiger partial charge < -0.3 is 4.74 Å². The van der Waals surface area contributed by atoms with Crippen molar-refractivity contribution in [3.05, 3.63) is 0 Å². The fourth-order valence-corrected chi connectivity index (χ4v) is 2.11. The molecule has 1 aliphatic rings. The molecule has 3 heteroatoms. The van der Waals surface area contributed by atoms with Crippen LogP contribution in [0.5, 0.6) is 0 Å². The number of esters is 1. The molecule has 0 heterocycles. The lowest BCUT2D eigenvalue weighted by molar-refractivity contribution is -0.161. The number of ether oxygens (including phenoxy) is 1. The molecule has 14 heavy (non-hydrogen) atoms. The van der Waals surface area contributed by atoms with Gasteiger partial charge in [0.15, 0.2) is 0 Å². The van der Waals surface area contributed by atoms with Crippen LogP contribution in [-0.4, -0.2) is 17.3 Å². The van der Waals surface area contributed by atoms with Crippen molar-refractivity contribution >= 4 is 18.6 Å². The van der Waals surface area contributed by atoms with E-state index in [1.165, 1.54) is 19.3 Å². The summed E-state index contributed by atoms with van der Waals surface area (Å²) in [7, 11) is 0. The van der Waals surface area contributed by atoms with Gasteiger partial charge >= 0.3 is 5.97 Å². The third-order valence-electron chi connectivity index (χ3n) is 2.81. The van der Waals surface area contributed by atoms with Crippen LogP contribution in [0.2, 0.25) is 0 Å². The minimum Gasteiger partial charge on any atom is -0.459 e. The highest BCUT2D eigenvalue weighted by Crippen LogP contribution is 2.31. The Morgan fingerprint density at radius 3 is 2.57 bits per heavy atom. The van der Waals surface area contributed by atoms with E-state index in [-0.39, 0.29) is 11.6 Å². The lowest BCUT2D eigenvalue weighted by Crippen LogP contribution is -2.33. The minimum absolute atomic E-state index is 0.0524. The van der Waals surface area contributed by atoms with Crippen molar-refractivity contribution in [3.63, 3.8) is 0 Å². The molecule has 82 valence electrons. The van der Waals surface area contributed by atoms with Gasteiger partial charge in [-0.1, -0.05) is 6.42 Å². The predicted octanol–water partition coefficient (Wildman–Crippen LogP) is 2.96. The molecule has 0 aromatic carbocycles. The molecule has 0 spiro atoms. The maximum absolute atomic E-state index is 11.4. The largest absolute Gasteiger partial charge is 0.459 e. The zero-order chi connectivity index (χ0) is 10.4. The molecule has 1 saturated carbocycles. The molecule has 0 N–H and O–H groups in total. The van der Waals surface area contributed by atoms with Crippen molar-refractivity contribution in [1.29, 1.82) is 0 Å². The van der Waals surface area contributed by atoms with E-state index in [0.29, 0.717) is 6.42 Å². The van der Waals surface area contributed by atoms with Crippen molar-refractivity contribution in [2.24, 2.45) is 0 Å². The minimum atomic E-state index is -0.175. The summed E-state index contributed by atoms with van der Waals surface area (Å²) in [6, 6.07) is 0. The summed E-state index contributed by atoms with van der Waals surface area (Å²) in [5, 5.41) is 0. The van der Waals surface area contributed by atoms with Gasteiger partial charge in [-0.05, 0) is 44.8 Å². The van der Waals surface area contributed by atoms with E-state index in [2.05, 4.69) is 19.6 Å². The summed E-state index contributed by atoms with van der Waals surface area (Å²) < 4.78 is 5.51. The number of hydrogen-bond donors (Lipinski definition) is 1. The summed E-state index contributed by atoms with van der Waals surface area (Å²) >= 11 is 4.07. The molecule has 1 fully saturated rings. The Morgan fingerprint density at radius 1 is 1.36 bits per heavy atom. The Kier molecular flexibility index (Phi) is 4.79. The summed E-state index contributed by atoms with van der Waals surface area (Å²) in [6.45, 7) is 2.06. The Morgan fingerprint density at radius 2 is 2.00 bits per heavy atom. The van der Waals surface area contributed by atoms with Gasteiger partial charge in [0.05, 0.1) is 0 Å². The molecule has 0 aromatic rings. The van der Waals surface area contributed by atoms with Gasteiger partial charge in [0.1, 0.15) is 5.60 Å². The normalized spacial score (nSPS) is 20.4. The average molecular weight is 216 g/mol. The van der Waals surface area contributed by atoms with Crippen molar-refractivity contribution in [1.82, 2.24) is 0 Å². The van der Waals surface area contributed by atoms with E-state index in [4.69, 9.17) is 4.74 Å². The second kappa shape index (κ2) is 5.64. The van der Waals surface area contributed by atoms with Gasteiger partial charge in [-0.3, -0.25) is 4.79 Å². The van der Waals surface area contributed by atoms with E-state index in [1.807, 2.05) is 0 Å². The second-order valence-electron chi connectivity index (χ2n) is 4.31. The summed E-state index contributed by atoms with van der Waals surface area (Å²) in [6.07, 6.45) is 7.05. The number of thiol groups is 1. The Labute approximate surface area is 91.8 Å². The van der Waals surface area contributed by atoms with E-state index in [1.54, 1.807) is 0 Å². The standard InChI is InChI=1S/C11H20O2S/c1-11(7-3-2-4-8-11)13-10(12)6-5-9-14/h14H,2-9H2,1H3. The van der Waals surface area contributed by atoms with E-state index in [9.17, 15) is 4.79 Å². The lowest BCUT2D eigenvalue weighted by atomic mass is 9.86. The zero-order valence-electron chi connectivity index (χ0n) is 8.92. The first-order valence-corrected chi connectivity index (χ1v) is 6.12. The summed E-state index contributed by atoms with van der Waals surface area (Å²) in [4.78, 5) is 11.4. The Bertz CT molecular complexity index is 186. The average Bonchev–Trinajstić information content (AvgIpc) is 2.15. The van der Waals surface area contributed by atoms with Crippen LogP contribution in [0.3, 0.4) is 0 Å². The molecule has 0 amide bonds. The fraction of sp³-hybridized carbons (Fsp3) is 0.909. The SMILES string of the molecule is CC1(OC(=O)CCCS)CCCCC1. The highest BCUT2D eigenvalue weighted by Gasteiger charge is 2.30. The quantitative estimate of drug-likeness (QED) is 0.577. The molecule has 0 saturated heterocycles. The van der Waals surface area contributed by atoms with Crippen molar-refractivity contribution in [2.75, 3.05) is 5.75 Å². The summed E-state index contributed by atoms with van der Waals surface area (Å²) in [5.74, 6) is 0.703. The number of carbonyl (C=O) groups is 1. The topological polar surface area (TPSA) is 26.3 Å². The van der Waals surface area contributed by atoms with Crippen LogP contribution in [0.1, 0.15) is 51.9 Å². The van der Waals surface area contributed by atoms with Crippen molar-refractivity contribution < 1.29 is 9.53 Å². The summed E-state index contributed by atoms with van der Waals surface area (Å²) in [5.41, 5.74) is -0.175. The van der Waals surface area contributed by atoms with Gasteiger partial charge in [-0.15, -0.1) is 0 Å². The first-order chi connectivity index (χ1) is 6.66. The zero-order valence-corrected chi connectivity index (χ0v) is 9.81. The van der Waals surface area contributed by atoms with Gasteiger partial charge in [0.25, 0.3) is 0 Å². The fourth-order valence-electron chi connectivity index (χ4n) is 1.95. The molecule has 0 aliphatic heterocycles. The second-order valence-corrected chi connectivity index (χ2v) is 4.76. The van der Waals surface area contributed by atoms with Crippen LogP contribution < -0.4 is 0 Å². The molecular formula is C11H20O2S. The number of carbonyl (C=O) groups excluding carboxylic acids is 1. The Balaban J connectivity index is 2.29. The van der Waals surface area contributed by atoms with Gasteiger partial charge in [0.2, 0.25) is 0 Å². The monoisotopic (exact) mass is 216 g/mol. The molecule has 1 aliphatic carbocycles. The number of hydrogen-bond acceptors (Lipinski definition) is 3. The van der Waals surface area contributed by atoms with Crippen molar-refractivity contribution in [3.8, 4) is 0 Å². The molecule has 0 unspecified atom stereocenters. The molecular weight excluding hydrogens is 196 g/mol. The molecule has 2 nitrogen and oxygen atoms in total. The third kappa shape index (κ3) is 3.91. The van der Waals surface area contributed by atoms with Crippen LogP contribution in [-0.2, 0) is 9.53 Å². The van der Waals surface area contributed by atoms with Crippen LogP contribution >= 0.6 is 12.6 Å². The van der Waals surface area contributed by atoms with Gasteiger partial charge in [0, 0.05) is 6.42 Å². The van der Waals surface area contributed by atoms with Crippen molar-refractivity contribution in [2.45, 2.75) is 57.5 Å². The highest BCUT2D eigenvalue weighted by atomic mass is 32.1. The first-order valence-electron chi connectivity index (χ1n) is 5.49. The Hall–Kier alpha value is -0.180. The smallest absolute Gasteiger partial charge is 0.306 e. The number of rotatable bonds is 4. The maximum atomic E-state index is 11.4.